The van der Waals surface area contributed by atoms with Gasteiger partial charge in [-0.2, -0.15) is 0 Å². The van der Waals surface area contributed by atoms with Gasteiger partial charge in [0.05, 0.1) is 18.3 Å². The summed E-state index contributed by atoms with van der Waals surface area (Å²) in [5.74, 6) is -0.108. The van der Waals surface area contributed by atoms with Gasteiger partial charge >= 0.3 is 5.97 Å². The summed E-state index contributed by atoms with van der Waals surface area (Å²) in [6, 6.07) is 0. The summed E-state index contributed by atoms with van der Waals surface area (Å²) in [4.78, 5) is 24.4. The van der Waals surface area contributed by atoms with E-state index in [-0.39, 0.29) is 11.9 Å². The van der Waals surface area contributed by atoms with E-state index >= 15 is 0 Å². The van der Waals surface area contributed by atoms with Crippen LogP contribution in [0, 0.1) is 11.3 Å². The zero-order valence-electron chi connectivity index (χ0n) is 33.1. The summed E-state index contributed by atoms with van der Waals surface area (Å²) in [5.41, 5.74) is 4.10. The molecule has 1 saturated carbocycles. The fourth-order valence-electron chi connectivity index (χ4n) is 7.49. The first-order valence-corrected chi connectivity index (χ1v) is 20.0. The van der Waals surface area contributed by atoms with E-state index in [9.17, 15) is 19.8 Å². The minimum absolute atomic E-state index is 0.0109. The van der Waals surface area contributed by atoms with Gasteiger partial charge in [-0.1, -0.05) is 113 Å². The van der Waals surface area contributed by atoms with E-state index < -0.39 is 17.1 Å². The van der Waals surface area contributed by atoms with Crippen LogP contribution in [0.4, 0.5) is 0 Å². The van der Waals surface area contributed by atoms with Crippen LogP contribution in [0.25, 0.3) is 0 Å². The number of hydrogen-bond acceptors (Lipinski definition) is 5. The Balaban J connectivity index is 2.67. The Morgan fingerprint density at radius 2 is 1.47 bits per heavy atom. The number of carbonyl (C=O) groups excluding carboxylic acids is 2. The molecule has 0 saturated heterocycles. The minimum atomic E-state index is -0.901. The van der Waals surface area contributed by atoms with Crippen molar-refractivity contribution >= 4 is 12.3 Å². The zero-order valence-corrected chi connectivity index (χ0v) is 33.1. The highest BCUT2D eigenvalue weighted by molar-refractivity contribution is 5.74. The molecule has 1 aliphatic rings. The van der Waals surface area contributed by atoms with Crippen LogP contribution in [-0.4, -0.2) is 40.8 Å². The maximum absolute atomic E-state index is 12.5. The van der Waals surface area contributed by atoms with Gasteiger partial charge in [-0.05, 0) is 123 Å². The van der Waals surface area contributed by atoms with E-state index in [1.807, 2.05) is 20.8 Å². The van der Waals surface area contributed by atoms with Crippen molar-refractivity contribution in [3.05, 3.63) is 46.1 Å². The lowest BCUT2D eigenvalue weighted by molar-refractivity contribution is -0.144. The molecular formula is C44H76O5. The van der Waals surface area contributed by atoms with Gasteiger partial charge in [-0.25, -0.2) is 0 Å². The minimum Gasteiger partial charge on any atom is -0.466 e. The second-order valence-corrected chi connectivity index (χ2v) is 15.8. The van der Waals surface area contributed by atoms with E-state index in [0.29, 0.717) is 38.7 Å². The van der Waals surface area contributed by atoms with Gasteiger partial charge in [0.2, 0.25) is 0 Å². The molecule has 4 atom stereocenters. The molecule has 1 fully saturated rings. The average molecular weight is 685 g/mol. The van der Waals surface area contributed by atoms with Crippen LogP contribution in [0.15, 0.2) is 46.1 Å². The fraction of sp³-hybridized carbons (Fsp3) is 0.773. The summed E-state index contributed by atoms with van der Waals surface area (Å²) in [6.07, 6.45) is 28.1. The molecule has 5 nitrogen and oxygen atoms in total. The number of esters is 1. The van der Waals surface area contributed by atoms with Crippen molar-refractivity contribution in [1.82, 2.24) is 0 Å². The summed E-state index contributed by atoms with van der Waals surface area (Å²) in [7, 11) is 0. The quantitative estimate of drug-likeness (QED) is 0.0311. The number of aliphatic hydroxyl groups is 2. The molecule has 0 unspecified atom stereocenters. The van der Waals surface area contributed by atoms with E-state index in [1.165, 1.54) is 68.9 Å². The highest BCUT2D eigenvalue weighted by Crippen LogP contribution is 2.55. The van der Waals surface area contributed by atoms with Crippen LogP contribution in [0.3, 0.4) is 0 Å². The normalized spacial score (nSPS) is 23.3. The number of aldehydes is 1. The molecule has 0 radical (unpaired) electrons. The lowest BCUT2D eigenvalue weighted by atomic mass is 9.54. The first kappa shape index (κ1) is 45.0. The second kappa shape index (κ2) is 25.1. The molecule has 1 rings (SSSR count). The van der Waals surface area contributed by atoms with Gasteiger partial charge in [-0.15, -0.1) is 0 Å². The average Bonchev–Trinajstić information content (AvgIpc) is 3.05. The molecule has 0 aromatic rings. The molecule has 282 valence electrons. The largest absolute Gasteiger partial charge is 0.466 e. The molecule has 49 heavy (non-hydrogen) atoms. The molecule has 0 bridgehead atoms. The maximum Gasteiger partial charge on any atom is 0.305 e. The number of rotatable bonds is 26. The third kappa shape index (κ3) is 17.7. The molecule has 2 N–H and O–H groups in total. The van der Waals surface area contributed by atoms with Crippen LogP contribution in [0.5, 0.6) is 0 Å². The Morgan fingerprint density at radius 1 is 0.857 bits per heavy atom. The van der Waals surface area contributed by atoms with Crippen molar-refractivity contribution in [3.63, 3.8) is 0 Å². The van der Waals surface area contributed by atoms with Crippen LogP contribution < -0.4 is 0 Å². The monoisotopic (exact) mass is 685 g/mol. The topological polar surface area (TPSA) is 83.8 Å². The van der Waals surface area contributed by atoms with Crippen LogP contribution in [0.2, 0.25) is 0 Å². The SMILES string of the molecule is CCCCCCCCCCCCCC(=O)OCCC[C@@H]1/C(=C(/C)C=O)CC[C@](C)(O)[C@@]1(C)CC/C=C(\C)[C@H](O)C/C=C(\C)CCC=C(C)C. The number of ether oxygens (including phenoxy) is 1. The Morgan fingerprint density at radius 3 is 2.06 bits per heavy atom. The predicted molar refractivity (Wildman–Crippen MR) is 208 cm³/mol. The number of aliphatic hydroxyl groups excluding tert-OH is 1. The van der Waals surface area contributed by atoms with Crippen LogP contribution in [0.1, 0.15) is 190 Å². The molecular weight excluding hydrogens is 608 g/mol. The maximum atomic E-state index is 12.5. The molecule has 0 heterocycles. The Kier molecular flexibility index (Phi) is 23.0. The first-order valence-electron chi connectivity index (χ1n) is 20.0. The van der Waals surface area contributed by atoms with Crippen LogP contribution >= 0.6 is 0 Å². The van der Waals surface area contributed by atoms with Crippen molar-refractivity contribution in [3.8, 4) is 0 Å². The van der Waals surface area contributed by atoms with E-state index in [4.69, 9.17) is 4.74 Å². The second-order valence-electron chi connectivity index (χ2n) is 15.8. The zero-order chi connectivity index (χ0) is 36.7. The van der Waals surface area contributed by atoms with E-state index in [0.717, 1.165) is 68.0 Å². The van der Waals surface area contributed by atoms with Crippen molar-refractivity contribution < 1.29 is 24.5 Å². The Hall–Kier alpha value is -1.98. The summed E-state index contributed by atoms with van der Waals surface area (Å²) < 4.78 is 5.65. The van der Waals surface area contributed by atoms with Crippen molar-refractivity contribution in [2.45, 2.75) is 202 Å². The number of hydrogen-bond donors (Lipinski definition) is 2. The van der Waals surface area contributed by atoms with E-state index in [1.54, 1.807) is 0 Å². The molecule has 0 aliphatic heterocycles. The Bertz CT molecular complexity index is 1070. The molecule has 0 spiro atoms. The van der Waals surface area contributed by atoms with Crippen LogP contribution in [-0.2, 0) is 14.3 Å². The van der Waals surface area contributed by atoms with Gasteiger partial charge in [0, 0.05) is 11.8 Å². The lowest BCUT2D eigenvalue weighted by Crippen LogP contribution is -2.52. The molecule has 0 aromatic heterocycles. The predicted octanol–water partition coefficient (Wildman–Crippen LogP) is 11.9. The smallest absolute Gasteiger partial charge is 0.305 e. The van der Waals surface area contributed by atoms with Gasteiger partial charge in [0.25, 0.3) is 0 Å². The molecule has 1 aliphatic carbocycles. The summed E-state index contributed by atoms with van der Waals surface area (Å²) in [5, 5.41) is 22.6. The van der Waals surface area contributed by atoms with Crippen molar-refractivity contribution in [2.24, 2.45) is 11.3 Å². The van der Waals surface area contributed by atoms with Crippen molar-refractivity contribution in [2.75, 3.05) is 6.61 Å². The highest BCUT2D eigenvalue weighted by Gasteiger charge is 2.52. The van der Waals surface area contributed by atoms with Crippen molar-refractivity contribution in [1.29, 1.82) is 0 Å². The molecule has 0 amide bonds. The highest BCUT2D eigenvalue weighted by atomic mass is 16.5. The number of unbranched alkanes of at least 4 members (excludes halogenated alkanes) is 10. The third-order valence-electron chi connectivity index (χ3n) is 11.3. The molecule has 0 aromatic carbocycles. The lowest BCUT2D eigenvalue weighted by Gasteiger charge is -2.53. The van der Waals surface area contributed by atoms with E-state index in [2.05, 4.69) is 52.8 Å². The number of allylic oxidation sites excluding steroid dienone is 6. The Labute approximate surface area is 302 Å². The summed E-state index contributed by atoms with van der Waals surface area (Å²) in [6.45, 7) is 17.0. The molecule has 5 heteroatoms. The third-order valence-corrected chi connectivity index (χ3v) is 11.3. The summed E-state index contributed by atoms with van der Waals surface area (Å²) >= 11 is 0. The van der Waals surface area contributed by atoms with Gasteiger partial charge in [-0.3, -0.25) is 9.59 Å². The van der Waals surface area contributed by atoms with Gasteiger partial charge in [0.1, 0.15) is 6.29 Å². The number of carbonyl (C=O) groups is 2. The van der Waals surface area contributed by atoms with Gasteiger partial charge in [0.15, 0.2) is 0 Å². The van der Waals surface area contributed by atoms with Gasteiger partial charge < -0.3 is 14.9 Å². The standard InChI is InChI=1S/C44H76O5/c1-9-10-11-12-13-14-15-16-17-18-19-27-42(47)49-33-22-26-40-39(38(6)34-45)30-32-44(8,48)43(40,7)31-21-25-37(5)41(46)29-28-36(4)24-20-23-35(2)3/h23,25,28,34,40-41,46,48H,9-22,24,26-27,29-33H2,1-8H3/b36-28+,37-25+,39-38-/t40-,41-,43+,44+/m1/s1. The fourth-order valence-corrected chi connectivity index (χ4v) is 7.49. The first-order chi connectivity index (χ1) is 23.3.